The van der Waals surface area contributed by atoms with E-state index in [0.717, 1.165) is 70.9 Å². The molecule has 3 N–H and O–H groups in total. The van der Waals surface area contributed by atoms with Gasteiger partial charge in [0.15, 0.2) is 5.65 Å². The predicted octanol–water partition coefficient (Wildman–Crippen LogP) is 3.91. The summed E-state index contributed by atoms with van der Waals surface area (Å²) >= 11 is 0. The van der Waals surface area contributed by atoms with Gasteiger partial charge in [-0.25, -0.2) is 15.0 Å². The molecule has 0 bridgehead atoms. The Hall–Kier alpha value is -3.68. The molecule has 1 aliphatic heterocycles. The van der Waals surface area contributed by atoms with Gasteiger partial charge in [-0.2, -0.15) is 4.98 Å². The standard InChI is InChI=1S/C25H27N7O/c1-25(2)6-5-19-18(11-25)23(31-24(26)30-19)32-7-8-33-21-4-3-15(9-17(21)13-32)16-10-20-22(27-12-16)29-14-28-20/h3-4,9-10,12,14H,5-8,11,13H2,1-2H3,(H2,26,30,31)(H,27,28,29). The highest BCUT2D eigenvalue weighted by Crippen LogP contribution is 2.39. The number of fused-ring (bicyclic) bond motifs is 3. The van der Waals surface area contributed by atoms with Crippen LogP contribution in [-0.2, 0) is 19.4 Å². The number of nitrogen functional groups attached to an aromatic ring is 1. The topological polar surface area (TPSA) is 106 Å². The number of nitrogens with one attached hydrogen (secondary N) is 1. The van der Waals surface area contributed by atoms with Gasteiger partial charge in [0.05, 0.1) is 24.1 Å². The highest BCUT2D eigenvalue weighted by molar-refractivity contribution is 5.78. The Labute approximate surface area is 192 Å². The number of imidazole rings is 1. The number of benzene rings is 1. The molecular weight excluding hydrogens is 414 g/mol. The normalized spacial score (nSPS) is 17.2. The quantitative estimate of drug-likeness (QED) is 0.486. The monoisotopic (exact) mass is 441 g/mol. The number of aryl methyl sites for hydroxylation is 1. The largest absolute Gasteiger partial charge is 0.491 e. The number of rotatable bonds is 2. The summed E-state index contributed by atoms with van der Waals surface area (Å²) in [6, 6.07) is 8.41. The van der Waals surface area contributed by atoms with Gasteiger partial charge in [-0.3, -0.25) is 0 Å². The van der Waals surface area contributed by atoms with E-state index >= 15 is 0 Å². The number of H-pyrrole nitrogens is 1. The number of nitrogens with zero attached hydrogens (tertiary/aromatic N) is 5. The molecule has 6 rings (SSSR count). The van der Waals surface area contributed by atoms with Crippen molar-refractivity contribution in [3.63, 3.8) is 0 Å². The van der Waals surface area contributed by atoms with Crippen LogP contribution in [-0.4, -0.2) is 38.1 Å². The Morgan fingerprint density at radius 1 is 1.12 bits per heavy atom. The van der Waals surface area contributed by atoms with Crippen molar-refractivity contribution in [3.8, 4) is 16.9 Å². The lowest BCUT2D eigenvalue weighted by Crippen LogP contribution is -2.31. The lowest BCUT2D eigenvalue weighted by Gasteiger charge is -2.34. The number of ether oxygens (including phenoxy) is 1. The Balaban J connectivity index is 1.38. The molecule has 0 radical (unpaired) electrons. The molecule has 168 valence electrons. The van der Waals surface area contributed by atoms with Crippen LogP contribution in [0.25, 0.3) is 22.3 Å². The number of hydrogen-bond donors (Lipinski definition) is 2. The van der Waals surface area contributed by atoms with E-state index in [1.807, 2.05) is 6.20 Å². The van der Waals surface area contributed by atoms with Crippen molar-refractivity contribution >= 4 is 22.9 Å². The van der Waals surface area contributed by atoms with Crippen LogP contribution in [0.5, 0.6) is 5.75 Å². The third kappa shape index (κ3) is 3.65. The second kappa shape index (κ2) is 7.43. The zero-order valence-corrected chi connectivity index (χ0v) is 18.9. The Morgan fingerprint density at radius 2 is 2.03 bits per heavy atom. The van der Waals surface area contributed by atoms with Gasteiger partial charge < -0.3 is 20.4 Å². The van der Waals surface area contributed by atoms with E-state index in [1.165, 1.54) is 5.56 Å². The van der Waals surface area contributed by atoms with Gasteiger partial charge in [0, 0.05) is 29.4 Å². The molecule has 2 aliphatic rings. The lowest BCUT2D eigenvalue weighted by molar-refractivity contribution is 0.311. The summed E-state index contributed by atoms with van der Waals surface area (Å²) in [5, 5.41) is 0. The van der Waals surface area contributed by atoms with Gasteiger partial charge in [0.2, 0.25) is 5.95 Å². The molecule has 4 aromatic rings. The van der Waals surface area contributed by atoms with Crippen LogP contribution in [0.2, 0.25) is 0 Å². The minimum Gasteiger partial charge on any atom is -0.491 e. The summed E-state index contributed by atoms with van der Waals surface area (Å²) in [5.41, 5.74) is 13.6. The van der Waals surface area contributed by atoms with Gasteiger partial charge in [-0.1, -0.05) is 19.9 Å². The van der Waals surface area contributed by atoms with Crippen LogP contribution < -0.4 is 15.4 Å². The van der Waals surface area contributed by atoms with Crippen molar-refractivity contribution in [3.05, 3.63) is 53.6 Å². The van der Waals surface area contributed by atoms with Gasteiger partial charge >= 0.3 is 0 Å². The highest BCUT2D eigenvalue weighted by atomic mass is 16.5. The minimum absolute atomic E-state index is 0.229. The number of aromatic nitrogens is 5. The van der Waals surface area contributed by atoms with Crippen molar-refractivity contribution in [1.29, 1.82) is 0 Å². The van der Waals surface area contributed by atoms with Crippen molar-refractivity contribution in [2.45, 2.75) is 39.7 Å². The molecule has 0 saturated carbocycles. The minimum atomic E-state index is 0.229. The van der Waals surface area contributed by atoms with Crippen LogP contribution in [0, 0.1) is 5.41 Å². The smallest absolute Gasteiger partial charge is 0.222 e. The number of pyridine rings is 1. The van der Waals surface area contributed by atoms with E-state index in [2.05, 4.69) is 62.9 Å². The zero-order valence-electron chi connectivity index (χ0n) is 18.9. The predicted molar refractivity (Wildman–Crippen MR) is 128 cm³/mol. The van der Waals surface area contributed by atoms with Crippen molar-refractivity contribution < 1.29 is 4.74 Å². The maximum absolute atomic E-state index is 6.13. The summed E-state index contributed by atoms with van der Waals surface area (Å²) in [7, 11) is 0. The molecule has 3 aromatic heterocycles. The third-order valence-corrected chi connectivity index (χ3v) is 6.73. The van der Waals surface area contributed by atoms with Gasteiger partial charge in [0.25, 0.3) is 0 Å². The first-order chi connectivity index (χ1) is 15.9. The highest BCUT2D eigenvalue weighted by Gasteiger charge is 2.31. The second-order valence-electron chi connectivity index (χ2n) is 9.76. The summed E-state index contributed by atoms with van der Waals surface area (Å²) in [4.78, 5) is 23.4. The summed E-state index contributed by atoms with van der Waals surface area (Å²) < 4.78 is 6.12. The molecule has 8 nitrogen and oxygen atoms in total. The Kier molecular flexibility index (Phi) is 4.50. The molecule has 8 heteroatoms. The molecule has 0 unspecified atom stereocenters. The molecule has 33 heavy (non-hydrogen) atoms. The molecule has 0 spiro atoms. The number of hydrogen-bond acceptors (Lipinski definition) is 7. The van der Waals surface area contributed by atoms with Crippen LogP contribution in [0.15, 0.2) is 36.8 Å². The molecule has 0 saturated heterocycles. The average Bonchev–Trinajstić information content (AvgIpc) is 3.16. The van der Waals surface area contributed by atoms with Crippen molar-refractivity contribution in [2.24, 2.45) is 5.41 Å². The van der Waals surface area contributed by atoms with Crippen LogP contribution in [0.3, 0.4) is 0 Å². The summed E-state index contributed by atoms with van der Waals surface area (Å²) in [6.07, 6.45) is 6.54. The lowest BCUT2D eigenvalue weighted by atomic mass is 9.76. The Bertz CT molecular complexity index is 1360. The molecule has 4 heterocycles. The first-order valence-electron chi connectivity index (χ1n) is 11.4. The fourth-order valence-electron chi connectivity index (χ4n) is 4.95. The second-order valence-corrected chi connectivity index (χ2v) is 9.76. The molecular formula is C25H27N7O. The summed E-state index contributed by atoms with van der Waals surface area (Å²) in [6.45, 7) is 6.67. The van der Waals surface area contributed by atoms with Crippen molar-refractivity contribution in [1.82, 2.24) is 24.9 Å². The van der Waals surface area contributed by atoms with Gasteiger partial charge in [-0.15, -0.1) is 0 Å². The number of aromatic amines is 1. The maximum atomic E-state index is 6.13. The van der Waals surface area contributed by atoms with Gasteiger partial charge in [-0.05, 0) is 48.4 Å². The zero-order chi connectivity index (χ0) is 22.6. The van der Waals surface area contributed by atoms with Crippen molar-refractivity contribution in [2.75, 3.05) is 23.8 Å². The fraction of sp³-hybridized carbons (Fsp3) is 0.360. The number of nitrogens with two attached hydrogens (primary N) is 1. The van der Waals surface area contributed by atoms with E-state index in [0.29, 0.717) is 19.1 Å². The van der Waals surface area contributed by atoms with E-state index in [-0.39, 0.29) is 5.41 Å². The molecule has 1 aromatic carbocycles. The number of anilines is 2. The van der Waals surface area contributed by atoms with E-state index in [4.69, 9.17) is 15.5 Å². The molecule has 0 fully saturated rings. The van der Waals surface area contributed by atoms with E-state index < -0.39 is 0 Å². The molecule has 0 amide bonds. The molecule has 1 aliphatic carbocycles. The Morgan fingerprint density at radius 3 is 2.94 bits per heavy atom. The van der Waals surface area contributed by atoms with Crippen LogP contribution in [0.1, 0.15) is 37.1 Å². The first kappa shape index (κ1) is 20.0. The molecule has 0 atom stereocenters. The third-order valence-electron chi connectivity index (χ3n) is 6.73. The van der Waals surface area contributed by atoms with Crippen LogP contribution >= 0.6 is 0 Å². The SMILES string of the molecule is CC1(C)CCc2nc(N)nc(N3CCOc4ccc(-c5cnc6nc[nH]c6c5)cc4C3)c2C1. The van der Waals surface area contributed by atoms with Crippen LogP contribution in [0.4, 0.5) is 11.8 Å². The van der Waals surface area contributed by atoms with Gasteiger partial charge in [0.1, 0.15) is 18.2 Å². The average molecular weight is 442 g/mol. The van der Waals surface area contributed by atoms with E-state index in [1.54, 1.807) is 6.33 Å². The van der Waals surface area contributed by atoms with E-state index in [9.17, 15) is 0 Å². The maximum Gasteiger partial charge on any atom is 0.222 e. The summed E-state index contributed by atoms with van der Waals surface area (Å²) in [5.74, 6) is 2.21. The fourth-order valence-corrected chi connectivity index (χ4v) is 4.95. The first-order valence-corrected chi connectivity index (χ1v) is 11.4.